The standard InChI is InChI=1S/C15H18N2O2/c1-3-7-17(10-12(2)15(18)19)11-14-6-4-5-13(8-14)9-16/h3-6,8,12H,1,7,10-11H2,2H3,(H,18,19). The van der Waals surface area contributed by atoms with Gasteiger partial charge in [-0.2, -0.15) is 5.26 Å². The highest BCUT2D eigenvalue weighted by atomic mass is 16.4. The van der Waals surface area contributed by atoms with Gasteiger partial charge in [-0.3, -0.25) is 9.69 Å². The van der Waals surface area contributed by atoms with Gasteiger partial charge in [0.2, 0.25) is 0 Å². The Labute approximate surface area is 113 Å². The number of carbonyl (C=O) groups is 1. The van der Waals surface area contributed by atoms with E-state index in [9.17, 15) is 4.79 Å². The van der Waals surface area contributed by atoms with Crippen molar-refractivity contribution < 1.29 is 9.90 Å². The van der Waals surface area contributed by atoms with Crippen LogP contribution in [0, 0.1) is 17.2 Å². The fourth-order valence-corrected chi connectivity index (χ4v) is 1.85. The largest absolute Gasteiger partial charge is 0.481 e. The molecule has 0 radical (unpaired) electrons. The van der Waals surface area contributed by atoms with Crippen LogP contribution in [0.2, 0.25) is 0 Å². The Hall–Kier alpha value is -2.12. The summed E-state index contributed by atoms with van der Waals surface area (Å²) < 4.78 is 0. The number of aliphatic carboxylic acids is 1. The van der Waals surface area contributed by atoms with Crippen molar-refractivity contribution in [2.75, 3.05) is 13.1 Å². The minimum atomic E-state index is -0.806. The average molecular weight is 258 g/mol. The van der Waals surface area contributed by atoms with Gasteiger partial charge >= 0.3 is 5.97 Å². The maximum atomic E-state index is 10.9. The van der Waals surface area contributed by atoms with Gasteiger partial charge in [0.25, 0.3) is 0 Å². The minimum Gasteiger partial charge on any atom is -0.481 e. The Kier molecular flexibility index (Phi) is 5.77. The second-order valence-corrected chi connectivity index (χ2v) is 4.53. The van der Waals surface area contributed by atoms with Crippen molar-refractivity contribution in [2.45, 2.75) is 13.5 Å². The van der Waals surface area contributed by atoms with Crippen LogP contribution in [-0.4, -0.2) is 29.1 Å². The molecule has 1 rings (SSSR count). The molecule has 4 heteroatoms. The molecule has 1 aromatic rings. The van der Waals surface area contributed by atoms with Gasteiger partial charge in [0, 0.05) is 19.6 Å². The Morgan fingerprint density at radius 3 is 2.95 bits per heavy atom. The Bertz CT molecular complexity index is 491. The molecule has 1 atom stereocenters. The summed E-state index contributed by atoms with van der Waals surface area (Å²) in [4.78, 5) is 12.9. The highest BCUT2D eigenvalue weighted by Crippen LogP contribution is 2.10. The third-order valence-corrected chi connectivity index (χ3v) is 2.80. The molecule has 0 saturated carbocycles. The van der Waals surface area contributed by atoms with Gasteiger partial charge < -0.3 is 5.11 Å². The maximum absolute atomic E-state index is 10.9. The van der Waals surface area contributed by atoms with Crippen LogP contribution in [0.4, 0.5) is 0 Å². The summed E-state index contributed by atoms with van der Waals surface area (Å²) >= 11 is 0. The first-order valence-electron chi connectivity index (χ1n) is 6.12. The highest BCUT2D eigenvalue weighted by Gasteiger charge is 2.15. The number of benzene rings is 1. The summed E-state index contributed by atoms with van der Waals surface area (Å²) in [6, 6.07) is 9.44. The molecule has 4 nitrogen and oxygen atoms in total. The predicted molar refractivity (Wildman–Crippen MR) is 73.4 cm³/mol. The second-order valence-electron chi connectivity index (χ2n) is 4.53. The zero-order chi connectivity index (χ0) is 14.3. The number of hydrogen-bond acceptors (Lipinski definition) is 3. The van der Waals surface area contributed by atoms with E-state index in [4.69, 9.17) is 10.4 Å². The Balaban J connectivity index is 2.74. The van der Waals surface area contributed by atoms with Crippen LogP contribution in [0.1, 0.15) is 18.1 Å². The van der Waals surface area contributed by atoms with Crippen molar-refractivity contribution in [2.24, 2.45) is 5.92 Å². The maximum Gasteiger partial charge on any atom is 0.307 e. The number of hydrogen-bond donors (Lipinski definition) is 1. The summed E-state index contributed by atoms with van der Waals surface area (Å²) in [5.41, 5.74) is 1.61. The zero-order valence-electron chi connectivity index (χ0n) is 11.0. The fraction of sp³-hybridized carbons (Fsp3) is 0.333. The van der Waals surface area contributed by atoms with Crippen LogP contribution in [0.15, 0.2) is 36.9 Å². The van der Waals surface area contributed by atoms with Crippen LogP contribution >= 0.6 is 0 Å². The molecule has 0 aliphatic rings. The summed E-state index contributed by atoms with van der Waals surface area (Å²) in [6.07, 6.45) is 1.75. The van der Waals surface area contributed by atoms with E-state index in [1.165, 1.54) is 0 Å². The second kappa shape index (κ2) is 7.34. The quantitative estimate of drug-likeness (QED) is 0.762. The third-order valence-electron chi connectivity index (χ3n) is 2.80. The fourth-order valence-electron chi connectivity index (χ4n) is 1.85. The zero-order valence-corrected chi connectivity index (χ0v) is 11.0. The van der Waals surface area contributed by atoms with E-state index in [2.05, 4.69) is 12.6 Å². The molecule has 0 saturated heterocycles. The van der Waals surface area contributed by atoms with E-state index >= 15 is 0 Å². The SMILES string of the molecule is C=CCN(Cc1cccc(C#N)c1)CC(C)C(=O)O. The van der Waals surface area contributed by atoms with Gasteiger partial charge in [-0.05, 0) is 17.7 Å². The third kappa shape index (κ3) is 4.94. The lowest BCUT2D eigenvalue weighted by Gasteiger charge is -2.22. The first-order chi connectivity index (χ1) is 9.06. The molecule has 0 bridgehead atoms. The van der Waals surface area contributed by atoms with Gasteiger partial charge in [-0.25, -0.2) is 0 Å². The molecule has 0 fully saturated rings. The van der Waals surface area contributed by atoms with Gasteiger partial charge in [0.05, 0.1) is 17.6 Å². The van der Waals surface area contributed by atoms with Gasteiger partial charge in [0.1, 0.15) is 0 Å². The number of rotatable bonds is 7. The van der Waals surface area contributed by atoms with E-state index in [0.29, 0.717) is 25.2 Å². The molecule has 1 aromatic carbocycles. The molecule has 100 valence electrons. The average Bonchev–Trinajstić information content (AvgIpc) is 2.39. The molecule has 0 spiro atoms. The Morgan fingerprint density at radius 1 is 1.63 bits per heavy atom. The van der Waals surface area contributed by atoms with Crippen LogP contribution in [0.5, 0.6) is 0 Å². The molecule has 0 heterocycles. The van der Waals surface area contributed by atoms with Crippen molar-refractivity contribution in [1.29, 1.82) is 5.26 Å². The molecular formula is C15H18N2O2. The molecule has 0 aliphatic heterocycles. The summed E-state index contributed by atoms with van der Waals surface area (Å²) in [7, 11) is 0. The number of nitrogens with zero attached hydrogens (tertiary/aromatic N) is 2. The van der Waals surface area contributed by atoms with E-state index in [1.54, 1.807) is 19.1 Å². The van der Waals surface area contributed by atoms with Gasteiger partial charge in [0.15, 0.2) is 0 Å². The Morgan fingerprint density at radius 2 is 2.37 bits per heavy atom. The summed E-state index contributed by atoms with van der Waals surface area (Å²) in [5, 5.41) is 17.8. The summed E-state index contributed by atoms with van der Waals surface area (Å²) in [6.45, 7) is 7.06. The molecule has 0 aromatic heterocycles. The van der Waals surface area contributed by atoms with Crippen molar-refractivity contribution in [3.8, 4) is 6.07 Å². The van der Waals surface area contributed by atoms with Crippen LogP contribution in [-0.2, 0) is 11.3 Å². The van der Waals surface area contributed by atoms with Gasteiger partial charge in [-0.15, -0.1) is 6.58 Å². The minimum absolute atomic E-state index is 0.431. The molecule has 1 unspecified atom stereocenters. The molecule has 1 N–H and O–H groups in total. The number of carboxylic acid groups (broad SMARTS) is 1. The molecular weight excluding hydrogens is 240 g/mol. The first-order valence-corrected chi connectivity index (χ1v) is 6.12. The van der Waals surface area contributed by atoms with Crippen molar-refractivity contribution in [1.82, 2.24) is 4.90 Å². The lowest BCUT2D eigenvalue weighted by Crippen LogP contribution is -2.31. The van der Waals surface area contributed by atoms with Crippen molar-refractivity contribution >= 4 is 5.97 Å². The molecule has 19 heavy (non-hydrogen) atoms. The summed E-state index contributed by atoms with van der Waals surface area (Å²) in [5.74, 6) is -1.24. The number of nitriles is 1. The van der Waals surface area contributed by atoms with Gasteiger partial charge in [-0.1, -0.05) is 25.1 Å². The molecule has 0 aliphatic carbocycles. The van der Waals surface area contributed by atoms with E-state index in [0.717, 1.165) is 5.56 Å². The predicted octanol–water partition coefficient (Wildman–Crippen LogP) is 2.27. The van der Waals surface area contributed by atoms with Crippen molar-refractivity contribution in [3.05, 3.63) is 48.0 Å². The first kappa shape index (κ1) is 14.9. The van der Waals surface area contributed by atoms with Crippen LogP contribution < -0.4 is 0 Å². The van der Waals surface area contributed by atoms with E-state index in [-0.39, 0.29) is 0 Å². The normalized spacial score (nSPS) is 11.8. The van der Waals surface area contributed by atoms with E-state index < -0.39 is 11.9 Å². The monoisotopic (exact) mass is 258 g/mol. The lowest BCUT2D eigenvalue weighted by atomic mass is 10.1. The van der Waals surface area contributed by atoms with Crippen molar-refractivity contribution in [3.63, 3.8) is 0 Å². The number of carboxylic acids is 1. The highest BCUT2D eigenvalue weighted by molar-refractivity contribution is 5.69. The smallest absolute Gasteiger partial charge is 0.307 e. The lowest BCUT2D eigenvalue weighted by molar-refractivity contribution is -0.141. The van der Waals surface area contributed by atoms with E-state index in [1.807, 2.05) is 23.1 Å². The molecule has 0 amide bonds. The van der Waals surface area contributed by atoms with Crippen LogP contribution in [0.3, 0.4) is 0 Å². The topological polar surface area (TPSA) is 64.3 Å². The van der Waals surface area contributed by atoms with Crippen LogP contribution in [0.25, 0.3) is 0 Å².